The summed E-state index contributed by atoms with van der Waals surface area (Å²) >= 11 is 0. The fraction of sp³-hybridized carbons (Fsp3) is 0.842. The first kappa shape index (κ1) is 13.8. The molecule has 5 unspecified atom stereocenters. The van der Waals surface area contributed by atoms with Gasteiger partial charge >= 0.3 is 0 Å². The van der Waals surface area contributed by atoms with E-state index < -0.39 is 5.60 Å². The molecule has 6 fully saturated rings. The minimum atomic E-state index is -0.506. The molecule has 5 aliphatic carbocycles. The lowest BCUT2D eigenvalue weighted by Gasteiger charge is -2.55. The van der Waals surface area contributed by atoms with Gasteiger partial charge in [0.05, 0.1) is 11.7 Å². The molecule has 6 rings (SSSR count). The first-order valence-corrected chi connectivity index (χ1v) is 9.45. The zero-order valence-electron chi connectivity index (χ0n) is 13.8. The number of nitriles is 1. The molecule has 1 aliphatic heterocycles. The van der Waals surface area contributed by atoms with Gasteiger partial charge in [-0.3, -0.25) is 10.2 Å². The fourth-order valence-corrected chi connectivity index (χ4v) is 7.92. The lowest BCUT2D eigenvalue weighted by molar-refractivity contribution is -0.176. The fourth-order valence-electron chi connectivity index (χ4n) is 7.92. The Balaban J connectivity index is 1.34. The van der Waals surface area contributed by atoms with Crippen LogP contribution in [-0.2, 0) is 4.79 Å². The minimum absolute atomic E-state index is 0.00422. The summed E-state index contributed by atoms with van der Waals surface area (Å²) in [5.74, 6) is 1.30. The van der Waals surface area contributed by atoms with Crippen LogP contribution < -0.4 is 0 Å². The Kier molecular flexibility index (Phi) is 2.15. The third-order valence-corrected chi connectivity index (χ3v) is 8.77. The normalized spacial score (nSPS) is 58.0. The predicted molar refractivity (Wildman–Crippen MR) is 85.0 cm³/mol. The van der Waals surface area contributed by atoms with Crippen molar-refractivity contribution in [1.82, 2.24) is 4.90 Å². The Morgan fingerprint density at radius 3 is 2.83 bits per heavy atom. The molecule has 24 heavy (non-hydrogen) atoms. The lowest BCUT2D eigenvalue weighted by Crippen LogP contribution is -2.57. The molecule has 8 atom stereocenters. The van der Waals surface area contributed by atoms with Gasteiger partial charge in [-0.15, -0.1) is 0 Å². The number of carbonyl (C=O) groups excluding carboxylic acids is 1. The molecule has 0 aromatic rings. The van der Waals surface area contributed by atoms with E-state index in [-0.39, 0.29) is 34.5 Å². The van der Waals surface area contributed by atoms with Crippen LogP contribution in [0.3, 0.4) is 0 Å². The van der Waals surface area contributed by atoms with Gasteiger partial charge in [0.2, 0.25) is 0 Å². The first-order valence-electron chi connectivity index (χ1n) is 9.45. The molecule has 3 bridgehead atoms. The summed E-state index contributed by atoms with van der Waals surface area (Å²) < 4.78 is 0. The summed E-state index contributed by atoms with van der Waals surface area (Å²) in [6.07, 6.45) is 7.31. The van der Waals surface area contributed by atoms with Crippen molar-refractivity contribution in [2.75, 3.05) is 0 Å². The highest BCUT2D eigenvalue weighted by Gasteiger charge is 2.78. The molecule has 126 valence electrons. The molecule has 0 aromatic heterocycles. The maximum absolute atomic E-state index is 13.2. The average Bonchev–Trinajstić information content (AvgIpc) is 3.11. The van der Waals surface area contributed by atoms with Crippen molar-refractivity contribution in [3.8, 4) is 6.07 Å². The Hall–Kier alpha value is -1.41. The van der Waals surface area contributed by atoms with Gasteiger partial charge in [-0.2, -0.15) is 5.26 Å². The number of hydrogen-bond donors (Lipinski definition) is 2. The smallest absolute Gasteiger partial charge is 0.269 e. The van der Waals surface area contributed by atoms with Crippen LogP contribution in [0.5, 0.6) is 0 Å². The average molecular weight is 325 g/mol. The van der Waals surface area contributed by atoms with Crippen molar-refractivity contribution in [2.45, 2.75) is 69.1 Å². The molecule has 2 N–H and O–H groups in total. The van der Waals surface area contributed by atoms with Crippen molar-refractivity contribution >= 4 is 11.6 Å². The second kappa shape index (κ2) is 3.72. The molecule has 1 amide bonds. The summed E-state index contributed by atoms with van der Waals surface area (Å²) in [4.78, 5) is 14.9. The molecule has 6 aliphatic rings. The number of carbonyl (C=O) groups is 1. The quantitative estimate of drug-likeness (QED) is 0.759. The number of fused-ring (bicyclic) bond motifs is 3. The molecule has 0 aromatic carbocycles. The third-order valence-electron chi connectivity index (χ3n) is 8.77. The van der Waals surface area contributed by atoms with Crippen LogP contribution >= 0.6 is 0 Å². The molecule has 5 nitrogen and oxygen atoms in total. The molecular weight excluding hydrogens is 302 g/mol. The predicted octanol–water partition coefficient (Wildman–Crippen LogP) is 1.85. The zero-order chi connectivity index (χ0) is 16.5. The number of likely N-dealkylation sites (tertiary alicyclic amines) is 1. The number of piperidine rings is 1. The van der Waals surface area contributed by atoms with E-state index in [0.29, 0.717) is 17.8 Å². The highest BCUT2D eigenvalue weighted by Crippen LogP contribution is 2.80. The van der Waals surface area contributed by atoms with Crippen molar-refractivity contribution in [1.29, 1.82) is 10.7 Å². The van der Waals surface area contributed by atoms with Crippen LogP contribution in [0.2, 0.25) is 0 Å². The number of aliphatic hydroxyl groups is 1. The summed E-state index contributed by atoms with van der Waals surface area (Å²) in [5.41, 5.74) is -0.560. The molecule has 0 radical (unpaired) electrons. The van der Waals surface area contributed by atoms with Gasteiger partial charge in [0.1, 0.15) is 11.8 Å². The highest BCUT2D eigenvalue weighted by molar-refractivity contribution is 6.40. The summed E-state index contributed by atoms with van der Waals surface area (Å²) in [6.45, 7) is 0. The Morgan fingerprint density at radius 2 is 2.04 bits per heavy atom. The van der Waals surface area contributed by atoms with E-state index in [9.17, 15) is 15.2 Å². The number of amides is 1. The molecule has 1 heterocycles. The molecule has 1 saturated heterocycles. The molecule has 5 heteroatoms. The second-order valence-electron chi connectivity index (χ2n) is 9.76. The van der Waals surface area contributed by atoms with Crippen molar-refractivity contribution in [3.05, 3.63) is 0 Å². The van der Waals surface area contributed by atoms with Gasteiger partial charge in [0.25, 0.3) is 5.91 Å². The largest absolute Gasteiger partial charge is 0.389 e. The maximum atomic E-state index is 13.2. The van der Waals surface area contributed by atoms with E-state index in [2.05, 4.69) is 6.07 Å². The Labute approximate surface area is 141 Å². The van der Waals surface area contributed by atoms with Crippen LogP contribution in [-0.4, -0.2) is 39.3 Å². The van der Waals surface area contributed by atoms with Crippen LogP contribution in [0.4, 0.5) is 0 Å². The minimum Gasteiger partial charge on any atom is -0.389 e. The summed E-state index contributed by atoms with van der Waals surface area (Å²) in [5, 5.41) is 29.1. The van der Waals surface area contributed by atoms with Gasteiger partial charge in [0.15, 0.2) is 0 Å². The number of nitrogens with zero attached hydrogens (tertiary/aromatic N) is 2. The van der Waals surface area contributed by atoms with E-state index in [0.717, 1.165) is 51.4 Å². The highest BCUT2D eigenvalue weighted by atomic mass is 16.3. The molecule has 1 spiro atoms. The monoisotopic (exact) mass is 325 g/mol. The van der Waals surface area contributed by atoms with Gasteiger partial charge in [0, 0.05) is 16.9 Å². The number of nitrogens with one attached hydrogen (secondary N) is 1. The van der Waals surface area contributed by atoms with Gasteiger partial charge in [-0.25, -0.2) is 0 Å². The van der Waals surface area contributed by atoms with Crippen molar-refractivity contribution in [3.63, 3.8) is 0 Å². The van der Waals surface area contributed by atoms with E-state index in [1.165, 1.54) is 0 Å². The van der Waals surface area contributed by atoms with Crippen LogP contribution in [0.15, 0.2) is 0 Å². The number of rotatable bonds is 2. The lowest BCUT2D eigenvalue weighted by atomic mass is 9.52. The van der Waals surface area contributed by atoms with E-state index in [4.69, 9.17) is 5.41 Å². The number of hydrogen-bond acceptors (Lipinski definition) is 4. The van der Waals surface area contributed by atoms with E-state index in [1.54, 1.807) is 4.90 Å². The topological polar surface area (TPSA) is 88.2 Å². The maximum Gasteiger partial charge on any atom is 0.269 e. The Morgan fingerprint density at radius 1 is 1.21 bits per heavy atom. The summed E-state index contributed by atoms with van der Waals surface area (Å²) in [6, 6.07) is 2.16. The van der Waals surface area contributed by atoms with Gasteiger partial charge in [-0.1, -0.05) is 0 Å². The molecular formula is C19H23N3O2. The standard InChI is InChI=1S/C19H23N3O2/c20-8-13-1-11-2-14(11)22(13)16(23)15(21)17-3-10-4-18(9-17)12(6-17)7-19(18,24)5-10/h10-14,21,24H,1-7,9H2/t10?,11-,12?,13+,14+,17?,18?,19?/m1/s1. The van der Waals surface area contributed by atoms with Crippen molar-refractivity contribution in [2.24, 2.45) is 28.6 Å². The van der Waals surface area contributed by atoms with Gasteiger partial charge in [-0.05, 0) is 69.1 Å². The van der Waals surface area contributed by atoms with E-state index in [1.807, 2.05) is 0 Å². The van der Waals surface area contributed by atoms with Crippen molar-refractivity contribution < 1.29 is 9.90 Å². The van der Waals surface area contributed by atoms with Crippen LogP contribution in [0.1, 0.15) is 51.4 Å². The van der Waals surface area contributed by atoms with Gasteiger partial charge < -0.3 is 10.0 Å². The third kappa shape index (κ3) is 1.28. The zero-order valence-corrected chi connectivity index (χ0v) is 13.8. The summed E-state index contributed by atoms with van der Waals surface area (Å²) in [7, 11) is 0. The molecule has 5 saturated carbocycles. The SMILES string of the molecule is N#C[C@@H]1C[C@@H]2C[C@@H]2N1C(=O)C(=N)C12CC3CC4(O)CC(C1)C4(C3)C2. The van der Waals surface area contributed by atoms with E-state index >= 15 is 0 Å². The first-order chi connectivity index (χ1) is 11.4. The van der Waals surface area contributed by atoms with Crippen LogP contribution in [0.25, 0.3) is 0 Å². The van der Waals surface area contributed by atoms with Crippen LogP contribution in [0, 0.1) is 45.3 Å². The Bertz CT molecular complexity index is 739. The second-order valence-corrected chi connectivity index (χ2v) is 9.76.